The van der Waals surface area contributed by atoms with Crippen molar-refractivity contribution in [3.05, 3.63) is 87.4 Å². The van der Waals surface area contributed by atoms with Crippen molar-refractivity contribution in [1.82, 2.24) is 0 Å². The van der Waals surface area contributed by atoms with Gasteiger partial charge in [0.2, 0.25) is 0 Å². The Morgan fingerprint density at radius 2 is 1.59 bits per heavy atom. The Morgan fingerprint density at radius 1 is 0.966 bits per heavy atom. The van der Waals surface area contributed by atoms with Crippen molar-refractivity contribution in [3.63, 3.8) is 0 Å². The molecule has 3 aromatic rings. The smallest absolute Gasteiger partial charge is 0.196 e. The number of nitrogens with one attached hydrogen (secondary N) is 1. The number of aliphatic imine (C=N–C) groups is 1. The molecule has 5 nitrogen and oxygen atoms in total. The van der Waals surface area contributed by atoms with Crippen LogP contribution in [0.5, 0.6) is 0 Å². The van der Waals surface area contributed by atoms with Crippen molar-refractivity contribution in [2.75, 3.05) is 11.9 Å². The standard InChI is InChI=1S/C23H17ClN2O3/c1-25-21-17(24)12-18(26-14-8-6-13(7-9-14)10-11-27)19-20(21)23(29)16-5-3-2-4-15(16)22(19)28/h2-9,12,26-27H,1,10-11H2. The molecule has 0 saturated heterocycles. The zero-order valence-corrected chi connectivity index (χ0v) is 16.2. The third-order valence-electron chi connectivity index (χ3n) is 4.92. The molecule has 0 saturated carbocycles. The monoisotopic (exact) mass is 404 g/mol. The summed E-state index contributed by atoms with van der Waals surface area (Å²) in [6, 6.07) is 15.7. The van der Waals surface area contributed by atoms with Gasteiger partial charge in [0.15, 0.2) is 11.6 Å². The Kier molecular flexibility index (Phi) is 5.01. The average Bonchev–Trinajstić information content (AvgIpc) is 2.73. The fourth-order valence-electron chi connectivity index (χ4n) is 3.54. The topological polar surface area (TPSA) is 78.8 Å². The Balaban J connectivity index is 1.86. The van der Waals surface area contributed by atoms with E-state index in [0.717, 1.165) is 11.3 Å². The van der Waals surface area contributed by atoms with Gasteiger partial charge < -0.3 is 10.4 Å². The van der Waals surface area contributed by atoms with Crippen molar-refractivity contribution in [2.24, 2.45) is 4.99 Å². The number of ketones is 2. The highest BCUT2D eigenvalue weighted by molar-refractivity contribution is 6.38. The fourth-order valence-corrected chi connectivity index (χ4v) is 3.80. The summed E-state index contributed by atoms with van der Waals surface area (Å²) in [5.74, 6) is -0.572. The van der Waals surface area contributed by atoms with Crippen molar-refractivity contribution >= 4 is 46.9 Å². The average molecular weight is 405 g/mol. The van der Waals surface area contributed by atoms with Crippen molar-refractivity contribution in [3.8, 4) is 0 Å². The van der Waals surface area contributed by atoms with Gasteiger partial charge in [-0.2, -0.15) is 0 Å². The van der Waals surface area contributed by atoms with E-state index < -0.39 is 0 Å². The lowest BCUT2D eigenvalue weighted by atomic mass is 9.82. The van der Waals surface area contributed by atoms with Crippen LogP contribution in [0.2, 0.25) is 5.02 Å². The molecule has 1 aliphatic carbocycles. The van der Waals surface area contributed by atoms with Crippen LogP contribution in [0.3, 0.4) is 0 Å². The van der Waals surface area contributed by atoms with Crippen LogP contribution in [-0.4, -0.2) is 30.0 Å². The first-order chi connectivity index (χ1) is 14.0. The Hall–Kier alpha value is -3.28. The van der Waals surface area contributed by atoms with E-state index in [1.54, 1.807) is 30.3 Å². The first-order valence-corrected chi connectivity index (χ1v) is 9.41. The molecule has 2 N–H and O–H groups in total. The molecule has 29 heavy (non-hydrogen) atoms. The van der Waals surface area contributed by atoms with Crippen LogP contribution >= 0.6 is 11.6 Å². The number of nitrogens with zero attached hydrogens (tertiary/aromatic N) is 1. The normalized spacial score (nSPS) is 12.3. The number of carbonyl (C=O) groups is 2. The van der Waals surface area contributed by atoms with E-state index in [0.29, 0.717) is 23.2 Å². The quantitative estimate of drug-likeness (QED) is 0.471. The van der Waals surface area contributed by atoms with Crippen LogP contribution in [0.4, 0.5) is 17.1 Å². The van der Waals surface area contributed by atoms with Gasteiger partial charge in [0, 0.05) is 23.4 Å². The molecule has 0 bridgehead atoms. The minimum absolute atomic E-state index is 0.0714. The SMILES string of the molecule is C=Nc1c(Cl)cc(Nc2ccc(CCO)cc2)c2c1C(=O)c1ccccc1C2=O. The maximum absolute atomic E-state index is 13.3. The van der Waals surface area contributed by atoms with Gasteiger partial charge in [0.1, 0.15) is 0 Å². The first kappa shape index (κ1) is 19.1. The van der Waals surface area contributed by atoms with Crippen LogP contribution in [0.15, 0.2) is 59.6 Å². The predicted octanol–water partition coefficient (Wildman–Crippen LogP) is 4.73. The summed E-state index contributed by atoms with van der Waals surface area (Å²) < 4.78 is 0. The summed E-state index contributed by atoms with van der Waals surface area (Å²) >= 11 is 6.37. The summed E-state index contributed by atoms with van der Waals surface area (Å²) in [5.41, 5.74) is 3.43. The van der Waals surface area contributed by atoms with Crippen molar-refractivity contribution in [1.29, 1.82) is 0 Å². The molecule has 4 rings (SSSR count). The first-order valence-electron chi connectivity index (χ1n) is 9.03. The molecule has 0 spiro atoms. The molecule has 0 atom stereocenters. The second-order valence-electron chi connectivity index (χ2n) is 6.66. The van der Waals surface area contributed by atoms with Crippen molar-refractivity contribution in [2.45, 2.75) is 6.42 Å². The minimum atomic E-state index is -0.304. The van der Waals surface area contributed by atoms with E-state index >= 15 is 0 Å². The Bertz CT molecular complexity index is 1150. The van der Waals surface area contributed by atoms with E-state index in [2.05, 4.69) is 17.0 Å². The van der Waals surface area contributed by atoms with Crippen LogP contribution < -0.4 is 5.32 Å². The molecular formula is C23H17ClN2O3. The zero-order chi connectivity index (χ0) is 20.5. The van der Waals surface area contributed by atoms with Crippen molar-refractivity contribution < 1.29 is 14.7 Å². The molecule has 0 aromatic heterocycles. The summed E-state index contributed by atoms with van der Waals surface area (Å²) in [6.07, 6.45) is 0.560. The number of benzene rings is 3. The maximum Gasteiger partial charge on any atom is 0.196 e. The van der Waals surface area contributed by atoms with Crippen LogP contribution in [0.25, 0.3) is 0 Å². The lowest BCUT2D eigenvalue weighted by Crippen LogP contribution is -2.22. The van der Waals surface area contributed by atoms with Crippen LogP contribution in [0, 0.1) is 0 Å². The number of halogens is 1. The number of aliphatic hydroxyl groups is 1. The predicted molar refractivity (Wildman–Crippen MR) is 114 cm³/mol. The lowest BCUT2D eigenvalue weighted by molar-refractivity contribution is 0.0980. The summed E-state index contributed by atoms with van der Waals surface area (Å²) in [6.45, 7) is 3.59. The number of anilines is 2. The number of aliphatic hydroxyl groups excluding tert-OH is 1. The maximum atomic E-state index is 13.3. The molecule has 0 radical (unpaired) electrons. The fraction of sp³-hybridized carbons (Fsp3) is 0.0870. The van der Waals surface area contributed by atoms with Gasteiger partial charge in [0.05, 0.1) is 27.5 Å². The third-order valence-corrected chi connectivity index (χ3v) is 5.20. The second-order valence-corrected chi connectivity index (χ2v) is 7.07. The Morgan fingerprint density at radius 3 is 2.17 bits per heavy atom. The van der Waals surface area contributed by atoms with E-state index in [9.17, 15) is 9.59 Å². The number of hydrogen-bond acceptors (Lipinski definition) is 5. The van der Waals surface area contributed by atoms with E-state index in [-0.39, 0.29) is 40.0 Å². The Labute approximate surface area is 172 Å². The largest absolute Gasteiger partial charge is 0.396 e. The highest BCUT2D eigenvalue weighted by Gasteiger charge is 2.35. The van der Waals surface area contributed by atoms with Gasteiger partial charge >= 0.3 is 0 Å². The molecule has 3 aromatic carbocycles. The van der Waals surface area contributed by atoms with E-state index in [1.165, 1.54) is 0 Å². The minimum Gasteiger partial charge on any atom is -0.396 e. The van der Waals surface area contributed by atoms with E-state index in [4.69, 9.17) is 16.7 Å². The second kappa shape index (κ2) is 7.62. The lowest BCUT2D eigenvalue weighted by Gasteiger charge is -2.23. The van der Waals surface area contributed by atoms with Gasteiger partial charge in [-0.3, -0.25) is 14.6 Å². The molecular weight excluding hydrogens is 388 g/mol. The zero-order valence-electron chi connectivity index (χ0n) is 15.4. The van der Waals surface area contributed by atoms with Gasteiger partial charge in [-0.1, -0.05) is 48.0 Å². The molecule has 0 amide bonds. The number of fused-ring (bicyclic) bond motifs is 2. The van der Waals surface area contributed by atoms with Gasteiger partial charge in [-0.25, -0.2) is 0 Å². The van der Waals surface area contributed by atoms with Gasteiger partial charge in [0.25, 0.3) is 0 Å². The van der Waals surface area contributed by atoms with E-state index in [1.807, 2.05) is 24.3 Å². The number of hydrogen-bond donors (Lipinski definition) is 2. The molecule has 0 fully saturated rings. The molecule has 0 heterocycles. The van der Waals surface area contributed by atoms with Gasteiger partial charge in [-0.15, -0.1) is 0 Å². The molecule has 0 unspecified atom stereocenters. The summed E-state index contributed by atoms with van der Waals surface area (Å²) in [7, 11) is 0. The number of carbonyl (C=O) groups excluding carboxylic acids is 2. The molecule has 6 heteroatoms. The third kappa shape index (κ3) is 3.24. The highest BCUT2D eigenvalue weighted by Crippen LogP contribution is 2.42. The van der Waals surface area contributed by atoms with Gasteiger partial charge in [-0.05, 0) is 36.9 Å². The van der Waals surface area contributed by atoms with Crippen LogP contribution in [0.1, 0.15) is 37.4 Å². The summed E-state index contributed by atoms with van der Waals surface area (Å²) in [4.78, 5) is 30.3. The highest BCUT2D eigenvalue weighted by atomic mass is 35.5. The molecule has 144 valence electrons. The number of rotatable bonds is 5. The molecule has 1 aliphatic rings. The summed E-state index contributed by atoms with van der Waals surface area (Å²) in [5, 5.41) is 12.5. The molecule has 0 aliphatic heterocycles. The van der Waals surface area contributed by atoms with Crippen LogP contribution in [-0.2, 0) is 6.42 Å².